The van der Waals surface area contributed by atoms with Gasteiger partial charge in [-0.1, -0.05) is 147 Å². The first kappa shape index (κ1) is 39.6. The van der Waals surface area contributed by atoms with Gasteiger partial charge >= 0.3 is 0 Å². The highest BCUT2D eigenvalue weighted by Gasteiger charge is 2.17. The maximum Gasteiger partial charge on any atom is 0.220 e. The van der Waals surface area contributed by atoms with Crippen molar-refractivity contribution in [1.29, 1.82) is 0 Å². The van der Waals surface area contributed by atoms with Crippen LogP contribution >= 0.6 is 0 Å². The number of nitrogens with one attached hydrogen (secondary N) is 1. The van der Waals surface area contributed by atoms with Gasteiger partial charge in [0.2, 0.25) is 5.91 Å². The van der Waals surface area contributed by atoms with Gasteiger partial charge in [-0.2, -0.15) is 0 Å². The van der Waals surface area contributed by atoms with Gasteiger partial charge in [-0.25, -0.2) is 0 Å². The lowest BCUT2D eigenvalue weighted by Crippen LogP contribution is -2.45. The van der Waals surface area contributed by atoms with E-state index in [2.05, 4.69) is 43.5 Å². The highest BCUT2D eigenvalue weighted by atomic mass is 16.3. The van der Waals surface area contributed by atoms with Crippen molar-refractivity contribution in [2.75, 3.05) is 6.61 Å². The summed E-state index contributed by atoms with van der Waals surface area (Å²) in [6, 6.07) is -0.637. The molecule has 0 aromatic carbocycles. The fourth-order valence-corrected chi connectivity index (χ4v) is 5.07. The van der Waals surface area contributed by atoms with Crippen LogP contribution in [0.4, 0.5) is 0 Å². The van der Waals surface area contributed by atoms with E-state index in [9.17, 15) is 15.0 Å². The Morgan fingerprint density at radius 3 is 1.41 bits per heavy atom. The van der Waals surface area contributed by atoms with Gasteiger partial charge in [0.15, 0.2) is 0 Å². The lowest BCUT2D eigenvalue weighted by molar-refractivity contribution is -0.123. The maximum atomic E-state index is 12.3. The van der Waals surface area contributed by atoms with E-state index in [1.165, 1.54) is 122 Å². The zero-order valence-electron chi connectivity index (χ0n) is 27.3. The molecule has 0 spiro atoms. The Bertz CT molecular complexity index is 628. The summed E-state index contributed by atoms with van der Waals surface area (Å²) in [5.41, 5.74) is 0. The molecule has 0 aliphatic rings. The second kappa shape index (κ2) is 33.1. The standard InChI is InChI=1S/C37H69NO3/c1-3-5-7-9-11-13-15-17-18-19-20-21-23-25-27-29-31-33-37(41)38-35(34-39)36(40)32-30-28-26-24-22-16-14-12-10-8-6-4-2/h17-18,22,24,30,32,35-36,39-40H,3-16,19-21,23,25-29,31,33-34H2,1-2H3,(H,38,41)/b18-17-,24-22+,32-30+. The van der Waals surface area contributed by atoms with E-state index in [1.807, 2.05) is 6.08 Å². The SMILES string of the molecule is CCCCCCCC/C=C\CCCCCCCCCC(=O)NC(CO)C(O)/C=C/CC/C=C/CCCCCCCC. The number of rotatable bonds is 31. The number of hydrogen-bond acceptors (Lipinski definition) is 3. The Morgan fingerprint density at radius 2 is 0.951 bits per heavy atom. The second-order valence-corrected chi connectivity index (χ2v) is 11.9. The number of carbonyl (C=O) groups excluding carboxylic acids is 1. The van der Waals surface area contributed by atoms with Gasteiger partial charge in [-0.3, -0.25) is 4.79 Å². The van der Waals surface area contributed by atoms with Crippen LogP contribution in [-0.2, 0) is 4.79 Å². The Labute approximate surface area is 255 Å². The molecule has 4 heteroatoms. The molecule has 4 nitrogen and oxygen atoms in total. The summed E-state index contributed by atoms with van der Waals surface area (Å²) in [5.74, 6) is -0.0816. The molecule has 0 saturated carbocycles. The predicted molar refractivity (Wildman–Crippen MR) is 179 cm³/mol. The van der Waals surface area contributed by atoms with Crippen LogP contribution in [0.3, 0.4) is 0 Å². The minimum atomic E-state index is -0.860. The Hall–Kier alpha value is -1.39. The van der Waals surface area contributed by atoms with Gasteiger partial charge in [0.05, 0.1) is 18.8 Å². The molecule has 0 saturated heterocycles. The normalized spacial score (nSPS) is 13.6. The summed E-state index contributed by atoms with van der Waals surface area (Å²) >= 11 is 0. The smallest absolute Gasteiger partial charge is 0.220 e. The molecule has 1 amide bonds. The zero-order valence-corrected chi connectivity index (χ0v) is 27.3. The van der Waals surface area contributed by atoms with E-state index < -0.39 is 12.1 Å². The zero-order chi connectivity index (χ0) is 30.1. The minimum Gasteiger partial charge on any atom is -0.394 e. The molecule has 0 aromatic rings. The third kappa shape index (κ3) is 29.9. The van der Waals surface area contributed by atoms with Gasteiger partial charge in [-0.05, 0) is 57.8 Å². The summed E-state index contributed by atoms with van der Waals surface area (Å²) in [6.07, 6.45) is 42.2. The first-order valence-electron chi connectivity index (χ1n) is 17.7. The third-order valence-electron chi connectivity index (χ3n) is 7.85. The van der Waals surface area contributed by atoms with Gasteiger partial charge in [0, 0.05) is 6.42 Å². The molecule has 0 aliphatic heterocycles. The van der Waals surface area contributed by atoms with Crippen molar-refractivity contribution >= 4 is 5.91 Å². The number of allylic oxidation sites excluding steroid dienone is 5. The van der Waals surface area contributed by atoms with Gasteiger partial charge < -0.3 is 15.5 Å². The van der Waals surface area contributed by atoms with Crippen molar-refractivity contribution in [2.24, 2.45) is 0 Å². The van der Waals surface area contributed by atoms with Crippen LogP contribution in [0.1, 0.15) is 174 Å². The maximum absolute atomic E-state index is 12.3. The number of carbonyl (C=O) groups is 1. The van der Waals surface area contributed by atoms with Crippen molar-refractivity contribution in [1.82, 2.24) is 5.32 Å². The van der Waals surface area contributed by atoms with Crippen LogP contribution in [0.15, 0.2) is 36.5 Å². The highest BCUT2D eigenvalue weighted by molar-refractivity contribution is 5.76. The van der Waals surface area contributed by atoms with Crippen molar-refractivity contribution in [2.45, 2.75) is 187 Å². The van der Waals surface area contributed by atoms with Crippen LogP contribution < -0.4 is 5.32 Å². The number of amides is 1. The average molecular weight is 576 g/mol. The molecule has 3 N–H and O–H groups in total. The van der Waals surface area contributed by atoms with Crippen molar-refractivity contribution in [3.05, 3.63) is 36.5 Å². The number of aliphatic hydroxyl groups excluding tert-OH is 2. The molecule has 2 unspecified atom stereocenters. The third-order valence-corrected chi connectivity index (χ3v) is 7.85. The number of hydrogen-bond donors (Lipinski definition) is 3. The Balaban J connectivity index is 3.67. The van der Waals surface area contributed by atoms with Crippen molar-refractivity contribution < 1.29 is 15.0 Å². The summed E-state index contributed by atoms with van der Waals surface area (Å²) in [5, 5.41) is 22.8. The van der Waals surface area contributed by atoms with Crippen molar-refractivity contribution in [3.8, 4) is 0 Å². The monoisotopic (exact) mass is 576 g/mol. The molecule has 41 heavy (non-hydrogen) atoms. The van der Waals surface area contributed by atoms with E-state index in [0.29, 0.717) is 6.42 Å². The molecule has 0 bridgehead atoms. The lowest BCUT2D eigenvalue weighted by atomic mass is 10.1. The molecule has 2 atom stereocenters. The quantitative estimate of drug-likeness (QED) is 0.0569. The lowest BCUT2D eigenvalue weighted by Gasteiger charge is -2.19. The Kier molecular flexibility index (Phi) is 32.0. The van der Waals surface area contributed by atoms with E-state index in [4.69, 9.17) is 0 Å². The summed E-state index contributed by atoms with van der Waals surface area (Å²) in [7, 11) is 0. The van der Waals surface area contributed by atoms with Crippen LogP contribution in [0.2, 0.25) is 0 Å². The molecule has 0 rings (SSSR count). The first-order chi connectivity index (χ1) is 20.2. The van der Waals surface area contributed by atoms with Gasteiger partial charge in [0.1, 0.15) is 0 Å². The second-order valence-electron chi connectivity index (χ2n) is 11.9. The molecule has 0 heterocycles. The molecule has 0 fully saturated rings. The topological polar surface area (TPSA) is 69.6 Å². The number of unbranched alkanes of at least 4 members (excludes halogenated alkanes) is 20. The fourth-order valence-electron chi connectivity index (χ4n) is 5.07. The largest absolute Gasteiger partial charge is 0.394 e. The van der Waals surface area contributed by atoms with Gasteiger partial charge in [-0.15, -0.1) is 0 Å². The summed E-state index contributed by atoms with van der Waals surface area (Å²) in [4.78, 5) is 12.3. The molecular weight excluding hydrogens is 506 g/mol. The summed E-state index contributed by atoms with van der Waals surface area (Å²) in [6.45, 7) is 4.26. The summed E-state index contributed by atoms with van der Waals surface area (Å²) < 4.78 is 0. The molecule has 0 aliphatic carbocycles. The van der Waals surface area contributed by atoms with Crippen LogP contribution in [0.25, 0.3) is 0 Å². The number of aliphatic hydroxyl groups is 2. The van der Waals surface area contributed by atoms with Crippen LogP contribution in [0.5, 0.6) is 0 Å². The van der Waals surface area contributed by atoms with Crippen molar-refractivity contribution in [3.63, 3.8) is 0 Å². The minimum absolute atomic E-state index is 0.0816. The highest BCUT2D eigenvalue weighted by Crippen LogP contribution is 2.12. The first-order valence-corrected chi connectivity index (χ1v) is 17.7. The molecule has 0 radical (unpaired) electrons. The van der Waals surface area contributed by atoms with E-state index in [0.717, 1.165) is 32.1 Å². The van der Waals surface area contributed by atoms with Crippen LogP contribution in [-0.4, -0.2) is 34.9 Å². The molecule has 0 aromatic heterocycles. The van der Waals surface area contributed by atoms with Crippen LogP contribution in [0, 0.1) is 0 Å². The van der Waals surface area contributed by atoms with Gasteiger partial charge in [0.25, 0.3) is 0 Å². The molecular formula is C37H69NO3. The predicted octanol–water partition coefficient (Wildman–Crippen LogP) is 10.3. The fraction of sp³-hybridized carbons (Fsp3) is 0.811. The Morgan fingerprint density at radius 1 is 0.561 bits per heavy atom. The van der Waals surface area contributed by atoms with E-state index in [1.54, 1.807) is 6.08 Å². The molecule has 240 valence electrons. The average Bonchev–Trinajstić information content (AvgIpc) is 2.97. The van der Waals surface area contributed by atoms with E-state index in [-0.39, 0.29) is 12.5 Å². The van der Waals surface area contributed by atoms with E-state index >= 15 is 0 Å².